The van der Waals surface area contributed by atoms with Crippen LogP contribution in [0.2, 0.25) is 0 Å². The Hall–Kier alpha value is -0.0500. The molecule has 1 rings (SSSR count). The second-order valence-corrected chi connectivity index (χ2v) is 3.30. The van der Waals surface area contributed by atoms with Gasteiger partial charge in [0.05, 0.1) is 0 Å². The summed E-state index contributed by atoms with van der Waals surface area (Å²) in [5, 5.41) is 0. The SMILES string of the molecule is CC[CH]c1ccccc1I. The van der Waals surface area contributed by atoms with Gasteiger partial charge >= 0.3 is 0 Å². The minimum atomic E-state index is 1.11. The largest absolute Gasteiger partial charge is 0.0648 e. The molecule has 0 aliphatic carbocycles. The summed E-state index contributed by atoms with van der Waals surface area (Å²) < 4.78 is 1.34. The summed E-state index contributed by atoms with van der Waals surface area (Å²) in [6, 6.07) is 8.41. The fourth-order valence-corrected chi connectivity index (χ4v) is 1.47. The molecule has 0 saturated carbocycles. The summed E-state index contributed by atoms with van der Waals surface area (Å²) in [6.45, 7) is 2.16. The van der Waals surface area contributed by atoms with Crippen LogP contribution in [0.15, 0.2) is 24.3 Å². The standard InChI is InChI=1S/C9H10I/c1-2-5-8-6-3-4-7-9(8)10/h3-7H,2H2,1H3. The van der Waals surface area contributed by atoms with Gasteiger partial charge in [0.15, 0.2) is 0 Å². The van der Waals surface area contributed by atoms with Gasteiger partial charge in [-0.25, -0.2) is 0 Å². The predicted octanol–water partition coefficient (Wildman–Crippen LogP) is 3.25. The van der Waals surface area contributed by atoms with E-state index in [1.807, 2.05) is 0 Å². The first kappa shape index (κ1) is 8.05. The number of hydrogen-bond acceptors (Lipinski definition) is 0. The van der Waals surface area contributed by atoms with Gasteiger partial charge in [0.1, 0.15) is 0 Å². The number of benzene rings is 1. The highest BCUT2D eigenvalue weighted by atomic mass is 127. The maximum atomic E-state index is 2.35. The Morgan fingerprint density at radius 1 is 1.40 bits per heavy atom. The van der Waals surface area contributed by atoms with E-state index in [-0.39, 0.29) is 0 Å². The molecule has 0 saturated heterocycles. The highest BCUT2D eigenvalue weighted by Crippen LogP contribution is 2.14. The van der Waals surface area contributed by atoms with Crippen molar-refractivity contribution in [3.05, 3.63) is 39.8 Å². The summed E-state index contributed by atoms with van der Waals surface area (Å²) in [5.41, 5.74) is 1.35. The molecule has 53 valence electrons. The summed E-state index contributed by atoms with van der Waals surface area (Å²) in [7, 11) is 0. The van der Waals surface area contributed by atoms with Gasteiger partial charge in [-0.1, -0.05) is 25.1 Å². The van der Waals surface area contributed by atoms with Crippen molar-refractivity contribution in [1.29, 1.82) is 0 Å². The molecule has 0 nitrogen and oxygen atoms in total. The van der Waals surface area contributed by atoms with Crippen LogP contribution in [0.3, 0.4) is 0 Å². The smallest absolute Gasteiger partial charge is 0.0165 e. The van der Waals surface area contributed by atoms with Crippen molar-refractivity contribution in [2.24, 2.45) is 0 Å². The second-order valence-electron chi connectivity index (χ2n) is 2.13. The van der Waals surface area contributed by atoms with Crippen LogP contribution in [-0.4, -0.2) is 0 Å². The molecule has 0 fully saturated rings. The van der Waals surface area contributed by atoms with E-state index in [0.717, 1.165) is 6.42 Å². The first-order chi connectivity index (χ1) is 4.84. The van der Waals surface area contributed by atoms with Crippen molar-refractivity contribution >= 4 is 22.6 Å². The lowest BCUT2D eigenvalue weighted by Crippen LogP contribution is -1.83. The minimum Gasteiger partial charge on any atom is -0.0648 e. The summed E-state index contributed by atoms with van der Waals surface area (Å²) >= 11 is 2.35. The Kier molecular flexibility index (Phi) is 3.19. The fraction of sp³-hybridized carbons (Fsp3) is 0.222. The van der Waals surface area contributed by atoms with Gasteiger partial charge < -0.3 is 0 Å². The normalized spacial score (nSPS) is 9.80. The van der Waals surface area contributed by atoms with Gasteiger partial charge in [-0.15, -0.1) is 0 Å². The van der Waals surface area contributed by atoms with E-state index >= 15 is 0 Å². The Morgan fingerprint density at radius 2 is 2.10 bits per heavy atom. The first-order valence-corrected chi connectivity index (χ1v) is 4.50. The van der Waals surface area contributed by atoms with Crippen molar-refractivity contribution in [3.63, 3.8) is 0 Å². The van der Waals surface area contributed by atoms with Gasteiger partial charge in [-0.2, -0.15) is 0 Å². The third kappa shape index (κ3) is 1.97. The highest BCUT2D eigenvalue weighted by Gasteiger charge is 1.94. The van der Waals surface area contributed by atoms with E-state index in [2.05, 4.69) is 60.2 Å². The van der Waals surface area contributed by atoms with Crippen LogP contribution >= 0.6 is 22.6 Å². The van der Waals surface area contributed by atoms with Crippen molar-refractivity contribution in [2.75, 3.05) is 0 Å². The van der Waals surface area contributed by atoms with Crippen LogP contribution in [0, 0.1) is 9.99 Å². The molecule has 1 aromatic rings. The lowest BCUT2D eigenvalue weighted by Gasteiger charge is -1.99. The number of halogens is 1. The maximum absolute atomic E-state index is 2.35. The second kappa shape index (κ2) is 3.96. The number of hydrogen-bond donors (Lipinski definition) is 0. The molecule has 0 spiro atoms. The van der Waals surface area contributed by atoms with Gasteiger partial charge in [-0.05, 0) is 47.1 Å². The van der Waals surface area contributed by atoms with Crippen molar-refractivity contribution < 1.29 is 0 Å². The lowest BCUT2D eigenvalue weighted by atomic mass is 10.1. The van der Waals surface area contributed by atoms with Crippen molar-refractivity contribution in [3.8, 4) is 0 Å². The van der Waals surface area contributed by atoms with Crippen LogP contribution in [-0.2, 0) is 0 Å². The molecular weight excluding hydrogens is 235 g/mol. The Labute approximate surface area is 75.8 Å². The molecule has 0 N–H and O–H groups in total. The summed E-state index contributed by atoms with van der Waals surface area (Å²) in [5.74, 6) is 0. The summed E-state index contributed by atoms with van der Waals surface area (Å²) in [6.07, 6.45) is 3.35. The van der Waals surface area contributed by atoms with Crippen LogP contribution in [0.5, 0.6) is 0 Å². The molecule has 0 unspecified atom stereocenters. The molecule has 0 heterocycles. The van der Waals surface area contributed by atoms with E-state index in [4.69, 9.17) is 0 Å². The first-order valence-electron chi connectivity index (χ1n) is 3.42. The average Bonchev–Trinajstić information content (AvgIpc) is 1.94. The quantitative estimate of drug-likeness (QED) is 0.701. The zero-order valence-electron chi connectivity index (χ0n) is 5.97. The highest BCUT2D eigenvalue weighted by molar-refractivity contribution is 14.1. The van der Waals surface area contributed by atoms with E-state index in [1.54, 1.807) is 0 Å². The van der Waals surface area contributed by atoms with Crippen molar-refractivity contribution in [1.82, 2.24) is 0 Å². The van der Waals surface area contributed by atoms with Gasteiger partial charge in [0, 0.05) is 3.57 Å². The molecule has 10 heavy (non-hydrogen) atoms. The van der Waals surface area contributed by atoms with E-state index in [9.17, 15) is 0 Å². The zero-order chi connectivity index (χ0) is 7.40. The van der Waals surface area contributed by atoms with Crippen LogP contribution in [0.25, 0.3) is 0 Å². The Morgan fingerprint density at radius 3 is 2.70 bits per heavy atom. The third-order valence-electron chi connectivity index (χ3n) is 1.33. The monoisotopic (exact) mass is 245 g/mol. The van der Waals surface area contributed by atoms with Gasteiger partial charge in [0.2, 0.25) is 0 Å². The van der Waals surface area contributed by atoms with Gasteiger partial charge in [-0.3, -0.25) is 0 Å². The number of rotatable bonds is 2. The van der Waals surface area contributed by atoms with E-state index in [1.165, 1.54) is 9.13 Å². The summed E-state index contributed by atoms with van der Waals surface area (Å²) in [4.78, 5) is 0. The fourth-order valence-electron chi connectivity index (χ4n) is 0.861. The molecule has 0 amide bonds. The lowest BCUT2D eigenvalue weighted by molar-refractivity contribution is 1.12. The molecule has 0 aromatic heterocycles. The molecule has 0 aliphatic rings. The zero-order valence-corrected chi connectivity index (χ0v) is 8.13. The predicted molar refractivity (Wildman–Crippen MR) is 52.9 cm³/mol. The van der Waals surface area contributed by atoms with Gasteiger partial charge in [0.25, 0.3) is 0 Å². The molecular formula is C9H10I. The molecule has 1 heteroatoms. The van der Waals surface area contributed by atoms with Crippen LogP contribution < -0.4 is 0 Å². The molecule has 0 aliphatic heterocycles. The van der Waals surface area contributed by atoms with E-state index < -0.39 is 0 Å². The topological polar surface area (TPSA) is 0 Å². The minimum absolute atomic E-state index is 1.11. The molecule has 1 radical (unpaired) electrons. The van der Waals surface area contributed by atoms with Crippen LogP contribution in [0.1, 0.15) is 18.9 Å². The van der Waals surface area contributed by atoms with Crippen molar-refractivity contribution in [2.45, 2.75) is 13.3 Å². The molecule has 0 bridgehead atoms. The molecule has 1 aromatic carbocycles. The third-order valence-corrected chi connectivity index (χ3v) is 2.31. The van der Waals surface area contributed by atoms with E-state index in [0.29, 0.717) is 0 Å². The maximum Gasteiger partial charge on any atom is 0.0165 e. The Balaban J connectivity index is 2.81. The average molecular weight is 245 g/mol. The molecule has 0 atom stereocenters. The Bertz CT molecular complexity index is 206. The van der Waals surface area contributed by atoms with Crippen LogP contribution in [0.4, 0.5) is 0 Å².